The molecule has 1 rings (SSSR count). The van der Waals surface area contributed by atoms with Gasteiger partial charge in [-0.2, -0.15) is 0 Å². The van der Waals surface area contributed by atoms with Gasteiger partial charge in [0.15, 0.2) is 0 Å². The van der Waals surface area contributed by atoms with E-state index in [1.165, 1.54) is 12.0 Å². The topological polar surface area (TPSA) is 9.23 Å². The molecule has 1 unspecified atom stereocenters. The van der Waals surface area contributed by atoms with Gasteiger partial charge in [0.05, 0.1) is 0 Å². The van der Waals surface area contributed by atoms with Gasteiger partial charge in [-0.05, 0) is 42.9 Å². The van der Waals surface area contributed by atoms with Crippen LogP contribution in [0, 0.1) is 5.92 Å². The SMILES string of the molecule is COCCCCC(CCl)Cc1cccc(Cl)c1. The Bertz CT molecular complexity index is 315. The van der Waals surface area contributed by atoms with Crippen molar-refractivity contribution < 1.29 is 4.74 Å². The number of methoxy groups -OCH3 is 1. The predicted molar refractivity (Wildman–Crippen MR) is 75.1 cm³/mol. The molecule has 0 spiro atoms. The summed E-state index contributed by atoms with van der Waals surface area (Å²) < 4.78 is 5.04. The Labute approximate surface area is 114 Å². The molecule has 0 aliphatic carbocycles. The molecule has 0 fully saturated rings. The van der Waals surface area contributed by atoms with Gasteiger partial charge in [0.1, 0.15) is 0 Å². The van der Waals surface area contributed by atoms with Crippen molar-refractivity contribution in [3.8, 4) is 0 Å². The molecule has 1 nitrogen and oxygen atoms in total. The van der Waals surface area contributed by atoms with E-state index >= 15 is 0 Å². The molecule has 1 aromatic carbocycles. The lowest BCUT2D eigenvalue weighted by atomic mass is 9.96. The highest BCUT2D eigenvalue weighted by molar-refractivity contribution is 6.30. The summed E-state index contributed by atoms with van der Waals surface area (Å²) >= 11 is 12.0. The number of benzene rings is 1. The third-order valence-corrected chi connectivity index (χ3v) is 3.51. The van der Waals surface area contributed by atoms with Crippen molar-refractivity contribution in [3.05, 3.63) is 34.9 Å². The Kier molecular flexibility index (Phi) is 7.67. The number of ether oxygens (including phenoxy) is 1. The monoisotopic (exact) mass is 274 g/mol. The van der Waals surface area contributed by atoms with Crippen LogP contribution in [-0.2, 0) is 11.2 Å². The minimum Gasteiger partial charge on any atom is -0.385 e. The smallest absolute Gasteiger partial charge is 0.0462 e. The van der Waals surface area contributed by atoms with E-state index in [4.69, 9.17) is 27.9 Å². The molecule has 0 aliphatic heterocycles. The fourth-order valence-electron chi connectivity index (χ4n) is 1.91. The quantitative estimate of drug-likeness (QED) is 0.499. The largest absolute Gasteiger partial charge is 0.385 e. The first-order valence-corrected chi connectivity index (χ1v) is 6.97. The summed E-state index contributed by atoms with van der Waals surface area (Å²) in [5.74, 6) is 1.24. The normalized spacial score (nSPS) is 12.6. The molecular weight excluding hydrogens is 255 g/mol. The highest BCUT2D eigenvalue weighted by Gasteiger charge is 2.08. The van der Waals surface area contributed by atoms with Gasteiger partial charge in [0, 0.05) is 24.6 Å². The van der Waals surface area contributed by atoms with Crippen molar-refractivity contribution in [2.24, 2.45) is 5.92 Å². The summed E-state index contributed by atoms with van der Waals surface area (Å²) in [5, 5.41) is 0.801. The van der Waals surface area contributed by atoms with Crippen LogP contribution >= 0.6 is 23.2 Å². The van der Waals surface area contributed by atoms with Crippen molar-refractivity contribution in [3.63, 3.8) is 0 Å². The van der Waals surface area contributed by atoms with Crippen LogP contribution in [-0.4, -0.2) is 19.6 Å². The molecule has 96 valence electrons. The summed E-state index contributed by atoms with van der Waals surface area (Å²) in [6, 6.07) is 8.03. The summed E-state index contributed by atoms with van der Waals surface area (Å²) in [7, 11) is 1.74. The Hall–Kier alpha value is -0.240. The van der Waals surface area contributed by atoms with Crippen molar-refractivity contribution in [1.82, 2.24) is 0 Å². The number of unbranched alkanes of at least 4 members (excludes halogenated alkanes) is 1. The van der Waals surface area contributed by atoms with Crippen LogP contribution in [0.5, 0.6) is 0 Å². The Balaban J connectivity index is 2.35. The maximum Gasteiger partial charge on any atom is 0.0462 e. The zero-order chi connectivity index (χ0) is 12.5. The first-order valence-electron chi connectivity index (χ1n) is 6.05. The molecule has 0 N–H and O–H groups in total. The van der Waals surface area contributed by atoms with E-state index in [2.05, 4.69) is 6.07 Å². The second-order valence-corrected chi connectivity index (χ2v) is 5.09. The molecule has 0 amide bonds. The standard InChI is InChI=1S/C14H20Cl2O/c1-17-8-3-2-5-13(11-15)9-12-6-4-7-14(16)10-12/h4,6-7,10,13H,2-3,5,8-9,11H2,1H3. The Morgan fingerprint density at radius 1 is 1.29 bits per heavy atom. The molecule has 0 radical (unpaired) electrons. The van der Waals surface area contributed by atoms with Gasteiger partial charge < -0.3 is 4.74 Å². The van der Waals surface area contributed by atoms with E-state index in [9.17, 15) is 0 Å². The van der Waals surface area contributed by atoms with Gasteiger partial charge in [-0.3, -0.25) is 0 Å². The Morgan fingerprint density at radius 3 is 2.76 bits per heavy atom. The van der Waals surface area contributed by atoms with Crippen LogP contribution in [0.2, 0.25) is 5.02 Å². The van der Waals surface area contributed by atoms with Gasteiger partial charge in [0.25, 0.3) is 0 Å². The number of halogens is 2. The molecule has 17 heavy (non-hydrogen) atoms. The molecule has 0 aromatic heterocycles. The van der Waals surface area contributed by atoms with E-state index in [0.717, 1.165) is 30.9 Å². The molecule has 0 bridgehead atoms. The third kappa shape index (κ3) is 6.30. The molecule has 0 saturated carbocycles. The molecule has 3 heteroatoms. The minimum atomic E-state index is 0.534. The fraction of sp³-hybridized carbons (Fsp3) is 0.571. The van der Waals surface area contributed by atoms with Gasteiger partial charge in [-0.15, -0.1) is 11.6 Å². The van der Waals surface area contributed by atoms with Crippen LogP contribution < -0.4 is 0 Å². The second kappa shape index (κ2) is 8.79. The number of hydrogen-bond acceptors (Lipinski definition) is 1. The molecular formula is C14H20Cl2O. The van der Waals surface area contributed by atoms with Crippen LogP contribution in [0.3, 0.4) is 0 Å². The van der Waals surface area contributed by atoms with Gasteiger partial charge in [0.2, 0.25) is 0 Å². The van der Waals surface area contributed by atoms with E-state index in [1.54, 1.807) is 7.11 Å². The molecule has 1 atom stereocenters. The first kappa shape index (κ1) is 14.8. The highest BCUT2D eigenvalue weighted by Crippen LogP contribution is 2.19. The zero-order valence-electron chi connectivity index (χ0n) is 10.3. The third-order valence-electron chi connectivity index (χ3n) is 2.84. The molecule has 0 heterocycles. The summed E-state index contributed by atoms with van der Waals surface area (Å²) in [5.41, 5.74) is 1.27. The maximum atomic E-state index is 6.01. The predicted octanol–water partition coefficient (Wildman–Crippen LogP) is 4.55. The lowest BCUT2D eigenvalue weighted by molar-refractivity contribution is 0.190. The van der Waals surface area contributed by atoms with Crippen LogP contribution in [0.25, 0.3) is 0 Å². The summed E-state index contributed by atoms with van der Waals surface area (Å²) in [6.45, 7) is 0.839. The number of alkyl halides is 1. The zero-order valence-corrected chi connectivity index (χ0v) is 11.8. The van der Waals surface area contributed by atoms with E-state index in [1.807, 2.05) is 18.2 Å². The van der Waals surface area contributed by atoms with E-state index in [-0.39, 0.29) is 0 Å². The van der Waals surface area contributed by atoms with Crippen LogP contribution in [0.1, 0.15) is 24.8 Å². The Morgan fingerprint density at radius 2 is 2.12 bits per heavy atom. The van der Waals surface area contributed by atoms with E-state index in [0.29, 0.717) is 11.8 Å². The molecule has 1 aromatic rings. The van der Waals surface area contributed by atoms with Crippen molar-refractivity contribution in [1.29, 1.82) is 0 Å². The average molecular weight is 275 g/mol. The highest BCUT2D eigenvalue weighted by atomic mass is 35.5. The lowest BCUT2D eigenvalue weighted by Gasteiger charge is -2.13. The average Bonchev–Trinajstić information content (AvgIpc) is 2.33. The van der Waals surface area contributed by atoms with E-state index < -0.39 is 0 Å². The minimum absolute atomic E-state index is 0.534. The van der Waals surface area contributed by atoms with Crippen molar-refractivity contribution in [2.45, 2.75) is 25.7 Å². The number of rotatable bonds is 8. The molecule has 0 aliphatic rings. The van der Waals surface area contributed by atoms with Gasteiger partial charge >= 0.3 is 0 Å². The molecule has 0 saturated heterocycles. The maximum absolute atomic E-state index is 6.01. The van der Waals surface area contributed by atoms with Crippen LogP contribution in [0.4, 0.5) is 0 Å². The van der Waals surface area contributed by atoms with Gasteiger partial charge in [-0.25, -0.2) is 0 Å². The summed E-state index contributed by atoms with van der Waals surface area (Å²) in [6.07, 6.45) is 4.45. The van der Waals surface area contributed by atoms with Crippen molar-refractivity contribution in [2.75, 3.05) is 19.6 Å². The van der Waals surface area contributed by atoms with Crippen LogP contribution in [0.15, 0.2) is 24.3 Å². The second-order valence-electron chi connectivity index (χ2n) is 4.34. The van der Waals surface area contributed by atoms with Crippen molar-refractivity contribution >= 4 is 23.2 Å². The number of hydrogen-bond donors (Lipinski definition) is 0. The lowest BCUT2D eigenvalue weighted by Crippen LogP contribution is -2.07. The fourth-order valence-corrected chi connectivity index (χ4v) is 2.39. The van der Waals surface area contributed by atoms with Gasteiger partial charge in [-0.1, -0.05) is 30.2 Å². The summed E-state index contributed by atoms with van der Waals surface area (Å²) in [4.78, 5) is 0. The first-order chi connectivity index (χ1) is 8.26.